The molecule has 4 aromatic rings. The van der Waals surface area contributed by atoms with E-state index >= 15 is 0 Å². The van der Waals surface area contributed by atoms with Gasteiger partial charge in [0.2, 0.25) is 11.9 Å². The molecule has 0 bridgehead atoms. The van der Waals surface area contributed by atoms with Crippen molar-refractivity contribution in [2.45, 2.75) is 45.8 Å². The molecule has 1 saturated heterocycles. The van der Waals surface area contributed by atoms with Gasteiger partial charge in [-0.2, -0.15) is 10.1 Å². The molecule has 1 fully saturated rings. The number of rotatable bonds is 7. The monoisotopic (exact) mass is 533 g/mol. The first-order valence-electron chi connectivity index (χ1n) is 12.9. The number of hydrogen-bond donors (Lipinski definition) is 2. The summed E-state index contributed by atoms with van der Waals surface area (Å²) in [5, 5.41) is 10.9. The molecule has 0 spiro atoms. The van der Waals surface area contributed by atoms with Crippen molar-refractivity contribution in [3.8, 4) is 11.5 Å². The molecular formula is C27H35N9O3. The van der Waals surface area contributed by atoms with Gasteiger partial charge in [-0.25, -0.2) is 9.97 Å². The Hall–Kier alpha value is -4.03. The Morgan fingerprint density at radius 3 is 2.72 bits per heavy atom. The highest BCUT2D eigenvalue weighted by molar-refractivity contribution is 5.87. The van der Waals surface area contributed by atoms with E-state index in [0.717, 1.165) is 30.9 Å². The summed E-state index contributed by atoms with van der Waals surface area (Å²) >= 11 is 0. The molecule has 2 N–H and O–H groups in total. The Kier molecular flexibility index (Phi) is 7.23. The molecule has 206 valence electrons. The van der Waals surface area contributed by atoms with Gasteiger partial charge in [-0.15, -0.1) is 0 Å². The molecule has 5 heterocycles. The number of anilines is 3. The summed E-state index contributed by atoms with van der Waals surface area (Å²) in [5.74, 6) is 2.60. The highest BCUT2D eigenvalue weighted by atomic mass is 16.5. The van der Waals surface area contributed by atoms with Crippen molar-refractivity contribution >= 4 is 34.7 Å². The summed E-state index contributed by atoms with van der Waals surface area (Å²) in [7, 11) is 4.03. The number of pyridine rings is 2. The zero-order valence-electron chi connectivity index (χ0n) is 23.2. The Bertz CT molecular complexity index is 1490. The number of nitrogens with one attached hydrogen (secondary N) is 2. The van der Waals surface area contributed by atoms with Crippen LogP contribution in [-0.2, 0) is 28.5 Å². The van der Waals surface area contributed by atoms with Gasteiger partial charge in [-0.3, -0.25) is 9.48 Å². The molecule has 12 nitrogen and oxygen atoms in total. The molecule has 0 aromatic carbocycles. The Balaban J connectivity index is 1.37. The molecule has 0 radical (unpaired) electrons. The lowest BCUT2D eigenvalue weighted by molar-refractivity contribution is -0.114. The zero-order chi connectivity index (χ0) is 27.7. The normalized spacial score (nSPS) is 16.4. The molecule has 5 rings (SSSR count). The van der Waals surface area contributed by atoms with Gasteiger partial charge in [-0.05, 0) is 13.1 Å². The number of ether oxygens (including phenoxy) is 2. The van der Waals surface area contributed by atoms with Gasteiger partial charge in [0.15, 0.2) is 11.5 Å². The first-order valence-corrected chi connectivity index (χ1v) is 12.9. The smallest absolute Gasteiger partial charge is 0.222 e. The summed E-state index contributed by atoms with van der Waals surface area (Å²) in [5.41, 5.74) is 2.39. The number of amides is 1. The number of carbonyl (C=O) groups excluding carboxylic acids is 1. The van der Waals surface area contributed by atoms with Gasteiger partial charge in [0.05, 0.1) is 31.0 Å². The molecule has 1 unspecified atom stereocenters. The molecule has 39 heavy (non-hydrogen) atoms. The van der Waals surface area contributed by atoms with E-state index in [1.807, 2.05) is 22.4 Å². The standard InChI is InChI=1S/C27H35N9O3/c1-17(37)30-23-12-18(7-8-28-23)39-19-11-21-25(29-14-19)32-26(35(21)6)31-24-13-22(27(2,3)4)36(33-24)16-20-15-34(5)9-10-38-20/h7-8,11-14,20H,9-10,15-16H2,1-6H3,(H,28,30,37)(H,29,31,32,33). The summed E-state index contributed by atoms with van der Waals surface area (Å²) in [6, 6.07) is 7.31. The van der Waals surface area contributed by atoms with Crippen LogP contribution in [0.4, 0.5) is 17.6 Å². The third-order valence-corrected chi connectivity index (χ3v) is 6.49. The molecule has 1 aliphatic rings. The first kappa shape index (κ1) is 26.6. The van der Waals surface area contributed by atoms with Crippen LogP contribution in [0, 0.1) is 0 Å². The third-order valence-electron chi connectivity index (χ3n) is 6.49. The molecule has 0 aliphatic carbocycles. The van der Waals surface area contributed by atoms with Crippen molar-refractivity contribution in [3.63, 3.8) is 0 Å². The minimum absolute atomic E-state index is 0.0886. The Morgan fingerprint density at radius 2 is 1.97 bits per heavy atom. The molecule has 12 heteroatoms. The van der Waals surface area contributed by atoms with Crippen LogP contribution in [0.2, 0.25) is 0 Å². The number of hydrogen-bond acceptors (Lipinski definition) is 9. The fourth-order valence-corrected chi connectivity index (χ4v) is 4.58. The van der Waals surface area contributed by atoms with E-state index in [-0.39, 0.29) is 17.4 Å². The van der Waals surface area contributed by atoms with Crippen molar-refractivity contribution in [1.29, 1.82) is 0 Å². The molecular weight excluding hydrogens is 498 g/mol. The number of nitrogens with zero attached hydrogens (tertiary/aromatic N) is 7. The van der Waals surface area contributed by atoms with E-state index in [4.69, 9.17) is 14.6 Å². The third kappa shape index (κ3) is 6.18. The molecule has 1 amide bonds. The predicted molar refractivity (Wildman–Crippen MR) is 149 cm³/mol. The lowest BCUT2D eigenvalue weighted by Crippen LogP contribution is -2.42. The number of aromatic nitrogens is 6. The Labute approximate surface area is 227 Å². The van der Waals surface area contributed by atoms with E-state index in [0.29, 0.717) is 41.3 Å². The highest BCUT2D eigenvalue weighted by Gasteiger charge is 2.25. The van der Waals surface area contributed by atoms with Crippen LogP contribution in [0.1, 0.15) is 33.4 Å². The molecule has 1 aliphatic heterocycles. The van der Waals surface area contributed by atoms with Crippen LogP contribution in [0.5, 0.6) is 11.5 Å². The topological polar surface area (TPSA) is 124 Å². The second-order valence-electron chi connectivity index (χ2n) is 10.9. The van der Waals surface area contributed by atoms with Gasteiger partial charge in [-0.1, -0.05) is 20.8 Å². The molecule has 0 saturated carbocycles. The lowest BCUT2D eigenvalue weighted by Gasteiger charge is -2.31. The predicted octanol–water partition coefficient (Wildman–Crippen LogP) is 3.68. The molecule has 1 atom stereocenters. The second kappa shape index (κ2) is 10.6. The SMILES string of the molecule is CC(=O)Nc1cc(Oc2cnc3nc(Nc4cc(C(C)(C)C)n(CC5CN(C)CCO5)n4)n(C)c3c2)ccn1. The van der Waals surface area contributed by atoms with E-state index in [1.165, 1.54) is 6.92 Å². The van der Waals surface area contributed by atoms with Gasteiger partial charge in [0.1, 0.15) is 17.3 Å². The number of imidazole rings is 1. The maximum Gasteiger partial charge on any atom is 0.222 e. The lowest BCUT2D eigenvalue weighted by atomic mass is 9.92. The van der Waals surface area contributed by atoms with Gasteiger partial charge >= 0.3 is 0 Å². The van der Waals surface area contributed by atoms with E-state index in [1.54, 1.807) is 24.5 Å². The average molecular weight is 534 g/mol. The largest absolute Gasteiger partial charge is 0.455 e. The fourth-order valence-electron chi connectivity index (χ4n) is 4.58. The number of morpholine rings is 1. The van der Waals surface area contributed by atoms with E-state index in [9.17, 15) is 4.79 Å². The number of fused-ring (bicyclic) bond motifs is 1. The fraction of sp³-hybridized carbons (Fsp3) is 0.444. The summed E-state index contributed by atoms with van der Waals surface area (Å²) in [6.07, 6.45) is 3.28. The quantitative estimate of drug-likeness (QED) is 0.366. The van der Waals surface area contributed by atoms with Crippen LogP contribution in [0.25, 0.3) is 11.2 Å². The van der Waals surface area contributed by atoms with Crippen molar-refractivity contribution in [2.24, 2.45) is 7.05 Å². The van der Waals surface area contributed by atoms with Crippen LogP contribution < -0.4 is 15.4 Å². The van der Waals surface area contributed by atoms with Crippen LogP contribution in [0.15, 0.2) is 36.7 Å². The van der Waals surface area contributed by atoms with Crippen molar-refractivity contribution in [1.82, 2.24) is 34.2 Å². The minimum Gasteiger partial charge on any atom is -0.455 e. The minimum atomic E-state index is -0.202. The second-order valence-corrected chi connectivity index (χ2v) is 10.9. The number of likely N-dealkylation sites (N-methyl/N-ethyl adjacent to an activating group) is 1. The van der Waals surface area contributed by atoms with E-state index in [2.05, 4.69) is 64.4 Å². The first-order chi connectivity index (χ1) is 18.5. The number of aryl methyl sites for hydroxylation is 1. The summed E-state index contributed by atoms with van der Waals surface area (Å²) in [6.45, 7) is 11.2. The van der Waals surface area contributed by atoms with E-state index < -0.39 is 0 Å². The van der Waals surface area contributed by atoms with Crippen molar-refractivity contribution < 1.29 is 14.3 Å². The van der Waals surface area contributed by atoms with Gasteiger partial charge in [0.25, 0.3) is 0 Å². The van der Waals surface area contributed by atoms with Gasteiger partial charge < -0.3 is 29.6 Å². The summed E-state index contributed by atoms with van der Waals surface area (Å²) < 4.78 is 15.9. The number of carbonyl (C=O) groups is 1. The van der Waals surface area contributed by atoms with Crippen molar-refractivity contribution in [3.05, 3.63) is 42.4 Å². The Morgan fingerprint density at radius 1 is 1.15 bits per heavy atom. The van der Waals surface area contributed by atoms with Gasteiger partial charge in [0, 0.05) is 62.6 Å². The van der Waals surface area contributed by atoms with Crippen LogP contribution in [-0.4, -0.2) is 73.0 Å². The van der Waals surface area contributed by atoms with Crippen LogP contribution in [0.3, 0.4) is 0 Å². The van der Waals surface area contributed by atoms with Crippen LogP contribution >= 0.6 is 0 Å². The maximum absolute atomic E-state index is 11.3. The van der Waals surface area contributed by atoms with Crippen molar-refractivity contribution in [2.75, 3.05) is 37.4 Å². The maximum atomic E-state index is 11.3. The average Bonchev–Trinajstić information content (AvgIpc) is 3.40. The zero-order valence-corrected chi connectivity index (χ0v) is 23.2. The molecule has 4 aromatic heterocycles. The highest BCUT2D eigenvalue weighted by Crippen LogP contribution is 2.29. The summed E-state index contributed by atoms with van der Waals surface area (Å²) in [4.78, 5) is 26.9.